The maximum absolute atomic E-state index is 2.52. The number of nitrogens with zero attached hydrogens (tertiary/aromatic N) is 3. The predicted octanol–water partition coefficient (Wildman–Crippen LogP) is 22.3. The molecule has 0 fully saturated rings. The van der Waals surface area contributed by atoms with Crippen LogP contribution in [0.2, 0.25) is 0 Å². The first-order chi connectivity index (χ1) is 41.9. The normalized spacial score (nSPS) is 12.9. The van der Waals surface area contributed by atoms with Crippen molar-refractivity contribution < 1.29 is 0 Å². The van der Waals surface area contributed by atoms with E-state index in [9.17, 15) is 0 Å². The summed E-state index contributed by atoms with van der Waals surface area (Å²) in [4.78, 5) is 0. The van der Waals surface area contributed by atoms with Gasteiger partial charge in [-0.2, -0.15) is 0 Å². The van der Waals surface area contributed by atoms with Crippen LogP contribution < -0.4 is 0 Å². The van der Waals surface area contributed by atoms with Gasteiger partial charge in [-0.25, -0.2) is 0 Å². The van der Waals surface area contributed by atoms with Crippen molar-refractivity contribution in [2.45, 2.75) is 19.3 Å². The Morgan fingerprint density at radius 1 is 0.259 bits per heavy atom. The lowest BCUT2D eigenvalue weighted by atomic mass is 9.82. The molecular weight excluding hydrogens is 1050 g/mol. The van der Waals surface area contributed by atoms with Crippen molar-refractivity contribution in [1.82, 2.24) is 13.7 Å². The lowest BCUT2D eigenvalue weighted by molar-refractivity contribution is 0.660. The molecular formula is C81H53N3S. The molecule has 13 aromatic carbocycles. The number of rotatable bonds is 7. The number of aromatic nitrogens is 3. The summed E-state index contributed by atoms with van der Waals surface area (Å²) in [5.41, 5.74) is 25.4. The Kier molecular flexibility index (Phi) is 10.3. The SMILES string of the molecule is CC1(C)c2ccc(-c3ccc4c(c3)c3cc5c(cc3n4-c3cc(-c4ccccc4)cc(-c4ccccc4)c3)c3ccccc3n5-c3ccccc3)cc2-c2cc(-c3ccc4c(c3)c3ccc5c6ccccc6sc5c3n4-c3ccccc3)ccc21. The quantitative estimate of drug-likeness (QED) is 0.151. The summed E-state index contributed by atoms with van der Waals surface area (Å²) in [5.74, 6) is 0. The van der Waals surface area contributed by atoms with Crippen molar-refractivity contribution in [1.29, 1.82) is 0 Å². The summed E-state index contributed by atoms with van der Waals surface area (Å²) in [6.45, 7) is 4.78. The Labute approximate surface area is 495 Å². The number of thiophene rings is 1. The van der Waals surface area contributed by atoms with Gasteiger partial charge < -0.3 is 13.7 Å². The molecule has 398 valence electrons. The molecule has 0 amide bonds. The Morgan fingerprint density at radius 2 is 0.694 bits per heavy atom. The van der Waals surface area contributed by atoms with Crippen molar-refractivity contribution in [3.63, 3.8) is 0 Å². The molecule has 4 aromatic heterocycles. The van der Waals surface area contributed by atoms with Crippen LogP contribution in [0.3, 0.4) is 0 Å². The van der Waals surface area contributed by atoms with Crippen LogP contribution in [0.15, 0.2) is 285 Å². The van der Waals surface area contributed by atoms with E-state index in [2.05, 4.69) is 313 Å². The standard InChI is InChI=1S/C81H53N3S/c1-81(2)71-37-31-52(54-34-40-75-67(46-54)63-35-36-64-62-28-16-18-30-78(62)85-80(64)79(63)84(75)59-25-13-6-14-26-59)44-65(71)66-45-53(32-38-72(66)81)55-33-39-74-68(47-55)70-49-76-69(61-27-15-17-29-73(61)82(76)58-23-11-5-12-24-58)48-77(70)83(74)60-42-56(50-19-7-3-8-20-50)41-57(43-60)51-21-9-4-10-22-51/h3-49H,1-2H3. The molecule has 0 atom stereocenters. The van der Waals surface area contributed by atoms with E-state index in [-0.39, 0.29) is 5.41 Å². The Morgan fingerprint density at radius 3 is 1.31 bits per heavy atom. The fourth-order valence-electron chi connectivity index (χ4n) is 14.6. The molecule has 4 heterocycles. The second-order valence-corrected chi connectivity index (χ2v) is 24.7. The summed E-state index contributed by atoms with van der Waals surface area (Å²) >= 11 is 1.90. The van der Waals surface area contributed by atoms with Crippen molar-refractivity contribution in [3.8, 4) is 72.7 Å². The van der Waals surface area contributed by atoms with Gasteiger partial charge in [0.2, 0.25) is 0 Å². The summed E-state index contributed by atoms with van der Waals surface area (Å²) in [6.07, 6.45) is 0. The lowest BCUT2D eigenvalue weighted by Gasteiger charge is -2.21. The largest absolute Gasteiger partial charge is 0.309 e. The molecule has 3 nitrogen and oxygen atoms in total. The summed E-state index contributed by atoms with van der Waals surface area (Å²) in [6, 6.07) is 107. The van der Waals surface area contributed by atoms with Gasteiger partial charge in [0.25, 0.3) is 0 Å². The molecule has 1 aliphatic carbocycles. The van der Waals surface area contributed by atoms with E-state index in [1.807, 2.05) is 11.3 Å². The molecule has 17 aromatic rings. The Hall–Kier alpha value is -10.5. The molecule has 0 bridgehead atoms. The zero-order valence-electron chi connectivity index (χ0n) is 46.9. The molecule has 0 spiro atoms. The highest BCUT2D eigenvalue weighted by molar-refractivity contribution is 7.26. The third-order valence-corrected chi connectivity index (χ3v) is 19.8. The van der Waals surface area contributed by atoms with Gasteiger partial charge in [-0.15, -0.1) is 11.3 Å². The zero-order chi connectivity index (χ0) is 56.1. The van der Waals surface area contributed by atoms with Gasteiger partial charge in [-0.3, -0.25) is 0 Å². The van der Waals surface area contributed by atoms with Gasteiger partial charge in [0.15, 0.2) is 0 Å². The molecule has 0 N–H and O–H groups in total. The van der Waals surface area contributed by atoms with Crippen molar-refractivity contribution >= 4 is 96.9 Å². The van der Waals surface area contributed by atoms with E-state index in [1.165, 1.54) is 158 Å². The topological polar surface area (TPSA) is 14.8 Å². The van der Waals surface area contributed by atoms with Gasteiger partial charge in [0.1, 0.15) is 0 Å². The van der Waals surface area contributed by atoms with Crippen LogP contribution >= 0.6 is 11.3 Å². The summed E-state index contributed by atoms with van der Waals surface area (Å²) in [7, 11) is 0. The van der Waals surface area contributed by atoms with Gasteiger partial charge >= 0.3 is 0 Å². The van der Waals surface area contributed by atoms with E-state index < -0.39 is 0 Å². The fraction of sp³-hybridized carbons (Fsp3) is 0.0370. The number of benzene rings is 13. The zero-order valence-corrected chi connectivity index (χ0v) is 47.7. The van der Waals surface area contributed by atoms with Crippen LogP contribution in [0.1, 0.15) is 25.0 Å². The average molecular weight is 1100 g/mol. The van der Waals surface area contributed by atoms with Crippen molar-refractivity contribution in [2.75, 3.05) is 0 Å². The second kappa shape index (κ2) is 18.2. The molecule has 85 heavy (non-hydrogen) atoms. The first-order valence-electron chi connectivity index (χ1n) is 29.5. The second-order valence-electron chi connectivity index (χ2n) is 23.6. The summed E-state index contributed by atoms with van der Waals surface area (Å²) in [5, 5.41) is 10.1. The third kappa shape index (κ3) is 7.19. The Bertz CT molecular complexity index is 5540. The van der Waals surface area contributed by atoms with Gasteiger partial charge in [0, 0.05) is 70.3 Å². The molecule has 18 rings (SSSR count). The van der Waals surface area contributed by atoms with Crippen LogP contribution in [0.25, 0.3) is 158 Å². The van der Waals surface area contributed by atoms with Crippen LogP contribution in [0, 0.1) is 0 Å². The molecule has 4 heteroatoms. The van der Waals surface area contributed by atoms with Gasteiger partial charge in [-0.05, 0) is 170 Å². The first kappa shape index (κ1) is 48.1. The minimum Gasteiger partial charge on any atom is -0.309 e. The monoisotopic (exact) mass is 1100 g/mol. The van der Waals surface area contributed by atoms with E-state index in [0.29, 0.717) is 0 Å². The molecule has 0 radical (unpaired) electrons. The maximum Gasteiger partial charge on any atom is 0.0719 e. The van der Waals surface area contributed by atoms with Gasteiger partial charge in [-0.1, -0.05) is 196 Å². The van der Waals surface area contributed by atoms with Crippen molar-refractivity contribution in [2.24, 2.45) is 0 Å². The number of fused-ring (bicyclic) bond motifs is 16. The highest BCUT2D eigenvalue weighted by Gasteiger charge is 2.36. The highest BCUT2D eigenvalue weighted by Crippen LogP contribution is 2.52. The van der Waals surface area contributed by atoms with Gasteiger partial charge in [0.05, 0.1) is 37.8 Å². The van der Waals surface area contributed by atoms with Crippen LogP contribution in [-0.2, 0) is 5.41 Å². The molecule has 0 aliphatic heterocycles. The minimum atomic E-state index is -0.169. The maximum atomic E-state index is 2.52. The van der Waals surface area contributed by atoms with E-state index in [0.717, 1.165) is 11.4 Å². The number of hydrogen-bond donors (Lipinski definition) is 0. The highest BCUT2D eigenvalue weighted by atomic mass is 32.1. The predicted molar refractivity (Wildman–Crippen MR) is 362 cm³/mol. The lowest BCUT2D eigenvalue weighted by Crippen LogP contribution is -2.14. The molecule has 0 unspecified atom stereocenters. The smallest absolute Gasteiger partial charge is 0.0719 e. The molecule has 0 saturated carbocycles. The summed E-state index contributed by atoms with van der Waals surface area (Å²) < 4.78 is 10.1. The molecule has 0 saturated heterocycles. The van der Waals surface area contributed by atoms with E-state index in [1.54, 1.807) is 0 Å². The third-order valence-electron chi connectivity index (χ3n) is 18.6. The Balaban J connectivity index is 0.819. The van der Waals surface area contributed by atoms with E-state index in [4.69, 9.17) is 0 Å². The first-order valence-corrected chi connectivity index (χ1v) is 30.3. The van der Waals surface area contributed by atoms with E-state index >= 15 is 0 Å². The number of para-hydroxylation sites is 3. The van der Waals surface area contributed by atoms with Crippen LogP contribution in [-0.4, -0.2) is 13.7 Å². The fourth-order valence-corrected chi connectivity index (χ4v) is 15.8. The van der Waals surface area contributed by atoms with Crippen LogP contribution in [0.5, 0.6) is 0 Å². The minimum absolute atomic E-state index is 0.169. The van der Waals surface area contributed by atoms with Crippen LogP contribution in [0.4, 0.5) is 0 Å². The van der Waals surface area contributed by atoms with Crippen molar-refractivity contribution in [3.05, 3.63) is 296 Å². The average Bonchev–Trinajstić information content (AvgIpc) is 1.83. The molecule has 1 aliphatic rings. The number of hydrogen-bond acceptors (Lipinski definition) is 1.